The molecule has 2 fully saturated rings. The maximum absolute atomic E-state index is 13.9. The second-order valence-electron chi connectivity index (χ2n) is 11.4. The average Bonchev–Trinajstić information content (AvgIpc) is 3.05. The molecular weight excluding hydrogens is 552 g/mol. The lowest BCUT2D eigenvalue weighted by atomic mass is 9.89. The van der Waals surface area contributed by atoms with Gasteiger partial charge >= 0.3 is 6.03 Å². The van der Waals surface area contributed by atoms with Gasteiger partial charge in [-0.05, 0) is 74.6 Å². The highest BCUT2D eigenvalue weighted by atomic mass is 16.2. The van der Waals surface area contributed by atoms with E-state index >= 15 is 0 Å². The van der Waals surface area contributed by atoms with E-state index in [1.165, 1.54) is 6.08 Å². The second kappa shape index (κ2) is 14.5. The molecule has 5 rings (SSSR count). The van der Waals surface area contributed by atoms with Crippen molar-refractivity contribution in [3.8, 4) is 6.07 Å². The van der Waals surface area contributed by atoms with E-state index in [9.17, 15) is 9.59 Å². The Morgan fingerprint density at radius 3 is 2.61 bits per heavy atom. The number of hydrogen-bond acceptors (Lipinski definition) is 7. The molecule has 2 aromatic carbocycles. The summed E-state index contributed by atoms with van der Waals surface area (Å²) in [6.07, 6.45) is 6.12. The van der Waals surface area contributed by atoms with Crippen molar-refractivity contribution in [2.45, 2.75) is 57.3 Å². The first-order valence-corrected chi connectivity index (χ1v) is 15.2. The number of anilines is 4. The lowest BCUT2D eigenvalue weighted by Gasteiger charge is -2.38. The van der Waals surface area contributed by atoms with Crippen LogP contribution in [0.15, 0.2) is 79.5 Å². The van der Waals surface area contributed by atoms with Gasteiger partial charge in [-0.1, -0.05) is 36.9 Å². The van der Waals surface area contributed by atoms with Gasteiger partial charge in [-0.2, -0.15) is 5.26 Å². The van der Waals surface area contributed by atoms with E-state index in [0.717, 1.165) is 68.1 Å². The quantitative estimate of drug-likeness (QED) is 0.257. The fourth-order valence-electron chi connectivity index (χ4n) is 5.97. The highest BCUT2D eigenvalue weighted by molar-refractivity contribution is 6.02. The molecule has 3 aromatic rings. The summed E-state index contributed by atoms with van der Waals surface area (Å²) in [5.41, 5.74) is 3.85. The fourth-order valence-corrected chi connectivity index (χ4v) is 5.97. The standard InChI is InChI=1S/C34H40N8O2/c1-3-33(43)40-30-19-29(14-15-31(30)41-18-17-36-24(2)23-41)42(34(44)38-21-25-7-5-4-6-8-25)28-12-10-27(11-13-28)39-32-16-9-26(20-35)22-37-32/h3-9,14-16,19,22,24,27-28,36H,1,10-13,17-18,21,23H2,2H3,(H,37,39)(H,38,44)(H,40,43)/t24-,27?,28?/m0/s1. The highest BCUT2D eigenvalue weighted by Gasteiger charge is 2.31. The van der Waals surface area contributed by atoms with Crippen molar-refractivity contribution >= 4 is 34.8 Å². The van der Waals surface area contributed by atoms with E-state index in [4.69, 9.17) is 5.26 Å². The summed E-state index contributed by atoms with van der Waals surface area (Å²) in [4.78, 5) is 34.9. The molecular formula is C34H40N8O2. The zero-order valence-electron chi connectivity index (χ0n) is 25.1. The van der Waals surface area contributed by atoms with Crippen molar-refractivity contribution in [2.24, 2.45) is 0 Å². The van der Waals surface area contributed by atoms with E-state index in [1.807, 2.05) is 59.5 Å². The van der Waals surface area contributed by atoms with Crippen molar-refractivity contribution in [2.75, 3.05) is 40.1 Å². The fraction of sp³-hybridized carbons (Fsp3) is 0.353. The van der Waals surface area contributed by atoms with Crippen LogP contribution in [-0.4, -0.2) is 54.7 Å². The molecule has 4 N–H and O–H groups in total. The average molecular weight is 593 g/mol. The van der Waals surface area contributed by atoms with Gasteiger partial charge < -0.3 is 26.2 Å². The Morgan fingerprint density at radius 2 is 1.93 bits per heavy atom. The molecule has 1 aliphatic heterocycles. The number of benzene rings is 2. The third kappa shape index (κ3) is 7.74. The predicted molar refractivity (Wildman–Crippen MR) is 175 cm³/mol. The largest absolute Gasteiger partial charge is 0.367 e. The summed E-state index contributed by atoms with van der Waals surface area (Å²) >= 11 is 0. The number of amides is 3. The molecule has 228 valence electrons. The van der Waals surface area contributed by atoms with Crippen LogP contribution in [0.1, 0.15) is 43.7 Å². The number of aromatic nitrogens is 1. The minimum absolute atomic E-state index is 0.0363. The number of rotatable bonds is 9. The summed E-state index contributed by atoms with van der Waals surface area (Å²) in [5.74, 6) is 0.444. The van der Waals surface area contributed by atoms with Gasteiger partial charge in [0.1, 0.15) is 11.9 Å². The zero-order valence-corrected chi connectivity index (χ0v) is 25.1. The van der Waals surface area contributed by atoms with E-state index in [1.54, 1.807) is 12.3 Å². The minimum atomic E-state index is -0.297. The number of pyridine rings is 1. The molecule has 1 aromatic heterocycles. The normalized spacial score (nSPS) is 19.7. The number of carbonyl (C=O) groups is 2. The Balaban J connectivity index is 1.38. The van der Waals surface area contributed by atoms with E-state index in [0.29, 0.717) is 23.8 Å². The molecule has 10 nitrogen and oxygen atoms in total. The van der Waals surface area contributed by atoms with E-state index in [-0.39, 0.29) is 24.0 Å². The molecule has 1 atom stereocenters. The highest BCUT2D eigenvalue weighted by Crippen LogP contribution is 2.35. The predicted octanol–water partition coefficient (Wildman–Crippen LogP) is 5.02. The first-order chi connectivity index (χ1) is 21.4. The summed E-state index contributed by atoms with van der Waals surface area (Å²) in [6.45, 7) is 8.66. The SMILES string of the molecule is C=CC(=O)Nc1cc(N(C(=O)NCc2ccccc2)C2CCC(Nc3ccc(C#N)cn3)CC2)ccc1N1CCN[C@@H](C)C1. The van der Waals surface area contributed by atoms with Crippen LogP contribution in [0.5, 0.6) is 0 Å². The molecule has 3 amide bonds. The van der Waals surface area contributed by atoms with Crippen LogP contribution >= 0.6 is 0 Å². The molecule has 0 spiro atoms. The third-order valence-electron chi connectivity index (χ3n) is 8.22. The Bertz CT molecular complexity index is 1480. The van der Waals surface area contributed by atoms with Gasteiger partial charge in [-0.3, -0.25) is 9.69 Å². The number of piperazine rings is 1. The smallest absolute Gasteiger partial charge is 0.322 e. The number of hydrogen-bond donors (Lipinski definition) is 4. The number of nitrogens with zero attached hydrogens (tertiary/aromatic N) is 4. The number of urea groups is 1. The van der Waals surface area contributed by atoms with E-state index in [2.05, 4.69) is 50.7 Å². The van der Waals surface area contributed by atoms with Crippen LogP contribution < -0.4 is 31.1 Å². The first kappa shape index (κ1) is 30.6. The maximum atomic E-state index is 13.9. The number of carbonyl (C=O) groups excluding carboxylic acids is 2. The van der Waals surface area contributed by atoms with Gasteiger partial charge in [0.2, 0.25) is 5.91 Å². The van der Waals surface area contributed by atoms with Crippen LogP contribution in [0.4, 0.5) is 27.7 Å². The molecule has 1 aliphatic carbocycles. The van der Waals surface area contributed by atoms with Crippen LogP contribution in [0.2, 0.25) is 0 Å². The van der Waals surface area contributed by atoms with E-state index < -0.39 is 0 Å². The lowest BCUT2D eigenvalue weighted by molar-refractivity contribution is -0.111. The van der Waals surface area contributed by atoms with Gasteiger partial charge in [0.05, 0.1) is 16.9 Å². The molecule has 0 radical (unpaired) electrons. The van der Waals surface area contributed by atoms with Crippen molar-refractivity contribution in [3.63, 3.8) is 0 Å². The lowest BCUT2D eigenvalue weighted by Crippen LogP contribution is -2.50. The van der Waals surface area contributed by atoms with Gasteiger partial charge in [-0.25, -0.2) is 9.78 Å². The molecule has 1 saturated carbocycles. The van der Waals surface area contributed by atoms with Crippen LogP contribution in [-0.2, 0) is 11.3 Å². The van der Waals surface area contributed by atoms with Crippen molar-refractivity contribution in [3.05, 3.63) is 90.6 Å². The van der Waals surface area contributed by atoms with Gasteiger partial charge in [0.25, 0.3) is 0 Å². The van der Waals surface area contributed by atoms with Crippen LogP contribution in [0.25, 0.3) is 0 Å². The Kier molecular flexibility index (Phi) is 10.1. The molecule has 0 bridgehead atoms. The van der Waals surface area contributed by atoms with Crippen LogP contribution in [0.3, 0.4) is 0 Å². The van der Waals surface area contributed by atoms with Crippen LogP contribution in [0, 0.1) is 11.3 Å². The monoisotopic (exact) mass is 592 g/mol. The molecule has 2 aliphatic rings. The van der Waals surface area contributed by atoms with Gasteiger partial charge in [-0.15, -0.1) is 0 Å². The van der Waals surface area contributed by atoms with Gasteiger partial charge in [0.15, 0.2) is 0 Å². The summed E-state index contributed by atoms with van der Waals surface area (Å²) in [5, 5.41) is 22.1. The topological polar surface area (TPSA) is 125 Å². The Hall–Kier alpha value is -4.88. The second-order valence-corrected chi connectivity index (χ2v) is 11.4. The van der Waals surface area contributed by atoms with Crippen molar-refractivity contribution < 1.29 is 9.59 Å². The third-order valence-corrected chi connectivity index (χ3v) is 8.22. The summed E-state index contributed by atoms with van der Waals surface area (Å²) < 4.78 is 0. The molecule has 44 heavy (non-hydrogen) atoms. The summed E-state index contributed by atoms with van der Waals surface area (Å²) in [7, 11) is 0. The van der Waals surface area contributed by atoms with Crippen molar-refractivity contribution in [1.82, 2.24) is 15.6 Å². The molecule has 0 unspecified atom stereocenters. The van der Waals surface area contributed by atoms with Crippen molar-refractivity contribution in [1.29, 1.82) is 5.26 Å². The molecule has 1 saturated heterocycles. The molecule has 10 heteroatoms. The Morgan fingerprint density at radius 1 is 1.14 bits per heavy atom. The number of nitrogens with one attached hydrogen (secondary N) is 4. The molecule has 2 heterocycles. The summed E-state index contributed by atoms with van der Waals surface area (Å²) in [6, 6.07) is 21.8. The van der Waals surface area contributed by atoms with Gasteiger partial charge in [0, 0.05) is 56.2 Å². The zero-order chi connectivity index (χ0) is 30.9. The number of nitriles is 1. The first-order valence-electron chi connectivity index (χ1n) is 15.2. The Labute approximate surface area is 259 Å². The maximum Gasteiger partial charge on any atom is 0.322 e. The minimum Gasteiger partial charge on any atom is -0.367 e.